The largest absolute Gasteiger partial charge is 0.384 e. The van der Waals surface area contributed by atoms with Crippen molar-refractivity contribution in [1.29, 1.82) is 0 Å². The van der Waals surface area contributed by atoms with Gasteiger partial charge in [0, 0.05) is 30.4 Å². The number of carbonyl (C=O) groups is 1. The molecule has 1 amide bonds. The van der Waals surface area contributed by atoms with Crippen LogP contribution in [0.25, 0.3) is 0 Å². The molecule has 3 nitrogen and oxygen atoms in total. The maximum absolute atomic E-state index is 12.4. The highest BCUT2D eigenvalue weighted by atomic mass is 16.2. The minimum Gasteiger partial charge on any atom is -0.384 e. The Morgan fingerprint density at radius 1 is 1.56 bits per heavy atom. The summed E-state index contributed by atoms with van der Waals surface area (Å²) in [6, 6.07) is 6.10. The highest BCUT2D eigenvalue weighted by molar-refractivity contribution is 5.95. The molecule has 3 heteroatoms. The topological polar surface area (TPSA) is 32.3 Å². The Kier molecular flexibility index (Phi) is 3.70. The van der Waals surface area contributed by atoms with Gasteiger partial charge in [-0.1, -0.05) is 6.08 Å². The molecule has 1 N–H and O–H groups in total. The van der Waals surface area contributed by atoms with Crippen LogP contribution in [0.1, 0.15) is 29.8 Å². The molecule has 0 spiro atoms. The summed E-state index contributed by atoms with van der Waals surface area (Å²) in [7, 11) is 0. The highest BCUT2D eigenvalue weighted by Gasteiger charge is 2.19. The standard InChI is InChI=1S/C15H20N2O/c1-4-9-17(11(2)3)15(18)13-5-6-14-12(10-13)7-8-16-14/h4-6,10-11,16H,1,7-9H2,2-3H3. The number of benzene rings is 1. The number of anilines is 1. The van der Waals surface area contributed by atoms with Crippen LogP contribution in [-0.2, 0) is 6.42 Å². The van der Waals surface area contributed by atoms with Crippen LogP contribution >= 0.6 is 0 Å². The first-order chi connectivity index (χ1) is 8.63. The summed E-state index contributed by atoms with van der Waals surface area (Å²) in [4.78, 5) is 14.3. The number of hydrogen-bond donors (Lipinski definition) is 1. The molecule has 2 rings (SSSR count). The molecule has 0 bridgehead atoms. The molecule has 96 valence electrons. The molecule has 0 saturated carbocycles. The van der Waals surface area contributed by atoms with Crippen molar-refractivity contribution >= 4 is 11.6 Å². The smallest absolute Gasteiger partial charge is 0.254 e. The van der Waals surface area contributed by atoms with Crippen LogP contribution in [0.4, 0.5) is 5.69 Å². The van der Waals surface area contributed by atoms with Crippen molar-refractivity contribution in [3.8, 4) is 0 Å². The maximum atomic E-state index is 12.4. The van der Waals surface area contributed by atoms with E-state index in [1.807, 2.05) is 36.9 Å². The summed E-state index contributed by atoms with van der Waals surface area (Å²) < 4.78 is 0. The summed E-state index contributed by atoms with van der Waals surface area (Å²) in [5.41, 5.74) is 3.17. The minimum atomic E-state index is 0.0830. The molecule has 0 radical (unpaired) electrons. The SMILES string of the molecule is C=CCN(C(=O)c1ccc2c(c1)CCN2)C(C)C. The molecule has 0 aromatic heterocycles. The van der Waals surface area contributed by atoms with Crippen LogP contribution in [0.15, 0.2) is 30.9 Å². The highest BCUT2D eigenvalue weighted by Crippen LogP contribution is 2.23. The average Bonchev–Trinajstić information content (AvgIpc) is 2.81. The molecule has 1 aliphatic heterocycles. The first-order valence-corrected chi connectivity index (χ1v) is 6.42. The quantitative estimate of drug-likeness (QED) is 0.826. The van der Waals surface area contributed by atoms with Crippen LogP contribution < -0.4 is 5.32 Å². The van der Waals surface area contributed by atoms with Gasteiger partial charge in [-0.2, -0.15) is 0 Å². The molecule has 1 aromatic carbocycles. The molecular formula is C15H20N2O. The van der Waals surface area contributed by atoms with Crippen LogP contribution in [0.5, 0.6) is 0 Å². The third kappa shape index (κ3) is 2.40. The number of carbonyl (C=O) groups excluding carboxylic acids is 1. The van der Waals surface area contributed by atoms with Gasteiger partial charge in [-0.15, -0.1) is 6.58 Å². The van der Waals surface area contributed by atoms with Gasteiger partial charge in [-0.25, -0.2) is 0 Å². The van der Waals surface area contributed by atoms with Crippen LogP contribution in [0.2, 0.25) is 0 Å². The molecule has 1 aliphatic rings. The number of amides is 1. The van der Waals surface area contributed by atoms with Crippen LogP contribution in [0, 0.1) is 0 Å². The van der Waals surface area contributed by atoms with Gasteiger partial charge >= 0.3 is 0 Å². The predicted octanol–water partition coefficient (Wildman–Crippen LogP) is 2.69. The zero-order valence-corrected chi connectivity index (χ0v) is 11.1. The third-order valence-electron chi connectivity index (χ3n) is 3.27. The van der Waals surface area contributed by atoms with E-state index in [4.69, 9.17) is 0 Å². The number of nitrogens with zero attached hydrogens (tertiary/aromatic N) is 1. The summed E-state index contributed by atoms with van der Waals surface area (Å²) in [6.07, 6.45) is 2.77. The second-order valence-electron chi connectivity index (χ2n) is 4.89. The van der Waals surface area contributed by atoms with Gasteiger partial charge in [0.15, 0.2) is 0 Å². The molecule has 0 aliphatic carbocycles. The molecule has 0 saturated heterocycles. The lowest BCUT2D eigenvalue weighted by Crippen LogP contribution is -2.37. The maximum Gasteiger partial charge on any atom is 0.254 e. The molecule has 1 heterocycles. The summed E-state index contributed by atoms with van der Waals surface area (Å²) in [5.74, 6) is 0.0830. The van der Waals surface area contributed by atoms with E-state index in [1.165, 1.54) is 5.56 Å². The van der Waals surface area contributed by atoms with Crippen molar-refractivity contribution in [1.82, 2.24) is 4.90 Å². The minimum absolute atomic E-state index is 0.0830. The van der Waals surface area contributed by atoms with E-state index in [9.17, 15) is 4.79 Å². The molecule has 0 unspecified atom stereocenters. The van der Waals surface area contributed by atoms with Crippen molar-refractivity contribution in [3.05, 3.63) is 42.0 Å². The van der Waals surface area contributed by atoms with E-state index in [-0.39, 0.29) is 11.9 Å². The fraction of sp³-hybridized carbons (Fsp3) is 0.400. The molecule has 18 heavy (non-hydrogen) atoms. The van der Waals surface area contributed by atoms with E-state index in [0.29, 0.717) is 6.54 Å². The Bertz CT molecular complexity index is 466. The first kappa shape index (κ1) is 12.7. The molecular weight excluding hydrogens is 224 g/mol. The van der Waals surface area contributed by atoms with Crippen molar-refractivity contribution < 1.29 is 4.79 Å². The summed E-state index contributed by atoms with van der Waals surface area (Å²) >= 11 is 0. The van der Waals surface area contributed by atoms with Crippen LogP contribution in [0.3, 0.4) is 0 Å². The van der Waals surface area contributed by atoms with E-state index in [2.05, 4.69) is 11.9 Å². The number of rotatable bonds is 4. The molecule has 0 fully saturated rings. The van der Waals surface area contributed by atoms with Gasteiger partial charge < -0.3 is 10.2 Å². The van der Waals surface area contributed by atoms with Gasteiger partial charge in [-0.3, -0.25) is 4.79 Å². The second-order valence-corrected chi connectivity index (χ2v) is 4.89. The van der Waals surface area contributed by atoms with Crippen LogP contribution in [-0.4, -0.2) is 29.9 Å². The lowest BCUT2D eigenvalue weighted by molar-refractivity contribution is 0.0728. The Morgan fingerprint density at radius 2 is 2.33 bits per heavy atom. The lowest BCUT2D eigenvalue weighted by Gasteiger charge is -2.25. The average molecular weight is 244 g/mol. The van der Waals surface area contributed by atoms with Gasteiger partial charge in [-0.05, 0) is 44.0 Å². The molecule has 0 atom stereocenters. The van der Waals surface area contributed by atoms with Crippen molar-refractivity contribution in [2.24, 2.45) is 0 Å². The zero-order valence-electron chi connectivity index (χ0n) is 11.1. The van der Waals surface area contributed by atoms with E-state index in [0.717, 1.165) is 24.2 Å². The normalized spacial score (nSPS) is 13.1. The van der Waals surface area contributed by atoms with E-state index < -0.39 is 0 Å². The van der Waals surface area contributed by atoms with E-state index >= 15 is 0 Å². The van der Waals surface area contributed by atoms with Crippen molar-refractivity contribution in [3.63, 3.8) is 0 Å². The van der Waals surface area contributed by atoms with Crippen molar-refractivity contribution in [2.75, 3.05) is 18.4 Å². The number of fused-ring (bicyclic) bond motifs is 1. The number of nitrogens with one attached hydrogen (secondary N) is 1. The lowest BCUT2D eigenvalue weighted by atomic mass is 10.1. The van der Waals surface area contributed by atoms with Gasteiger partial charge in [0.2, 0.25) is 0 Å². The monoisotopic (exact) mass is 244 g/mol. The summed E-state index contributed by atoms with van der Waals surface area (Å²) in [5, 5.41) is 3.30. The third-order valence-corrected chi connectivity index (χ3v) is 3.27. The number of hydrogen-bond acceptors (Lipinski definition) is 2. The Morgan fingerprint density at radius 3 is 3.00 bits per heavy atom. The predicted molar refractivity (Wildman–Crippen MR) is 75.0 cm³/mol. The summed E-state index contributed by atoms with van der Waals surface area (Å²) in [6.45, 7) is 9.32. The Balaban J connectivity index is 2.24. The fourth-order valence-electron chi connectivity index (χ4n) is 2.27. The molecule has 1 aromatic rings. The van der Waals surface area contributed by atoms with Gasteiger partial charge in [0.1, 0.15) is 0 Å². The van der Waals surface area contributed by atoms with E-state index in [1.54, 1.807) is 6.08 Å². The van der Waals surface area contributed by atoms with Crippen molar-refractivity contribution in [2.45, 2.75) is 26.3 Å². The Labute approximate surface area is 108 Å². The second kappa shape index (κ2) is 5.25. The first-order valence-electron chi connectivity index (χ1n) is 6.42. The Hall–Kier alpha value is -1.77. The van der Waals surface area contributed by atoms with Gasteiger partial charge in [0.05, 0.1) is 0 Å². The van der Waals surface area contributed by atoms with Gasteiger partial charge in [0.25, 0.3) is 5.91 Å². The zero-order chi connectivity index (χ0) is 13.1. The fourth-order valence-corrected chi connectivity index (χ4v) is 2.27.